The molecule has 1 saturated heterocycles. The van der Waals surface area contributed by atoms with Crippen molar-refractivity contribution in [1.29, 1.82) is 0 Å². The van der Waals surface area contributed by atoms with Crippen molar-refractivity contribution in [3.8, 4) is 0 Å². The SMILES string of the molecule is NC(=O)c1ccc(CN2[C@@H]3CCCC[C@H]3C[C@H]2C(N)=O)cc1. The van der Waals surface area contributed by atoms with Gasteiger partial charge in [0.05, 0.1) is 6.04 Å². The largest absolute Gasteiger partial charge is 0.368 e. The van der Waals surface area contributed by atoms with Crippen molar-refractivity contribution in [2.24, 2.45) is 17.4 Å². The second-order valence-electron chi connectivity index (χ2n) is 6.50. The van der Waals surface area contributed by atoms with Gasteiger partial charge in [0.2, 0.25) is 11.8 Å². The summed E-state index contributed by atoms with van der Waals surface area (Å²) in [4.78, 5) is 25.2. The van der Waals surface area contributed by atoms with Crippen LogP contribution in [-0.4, -0.2) is 28.8 Å². The summed E-state index contributed by atoms with van der Waals surface area (Å²) in [5, 5.41) is 0. The summed E-state index contributed by atoms with van der Waals surface area (Å²) in [6.45, 7) is 0.702. The summed E-state index contributed by atoms with van der Waals surface area (Å²) in [5.41, 5.74) is 12.5. The first-order chi connectivity index (χ1) is 10.6. The molecule has 2 aliphatic rings. The van der Waals surface area contributed by atoms with E-state index in [0.717, 1.165) is 18.4 Å². The fourth-order valence-corrected chi connectivity index (χ4v) is 4.05. The first kappa shape index (κ1) is 15.0. The van der Waals surface area contributed by atoms with Gasteiger partial charge in [0.15, 0.2) is 0 Å². The Kier molecular flexibility index (Phi) is 4.16. The van der Waals surface area contributed by atoms with Gasteiger partial charge in [-0.05, 0) is 42.9 Å². The van der Waals surface area contributed by atoms with Crippen LogP contribution in [0, 0.1) is 5.92 Å². The van der Waals surface area contributed by atoms with Gasteiger partial charge < -0.3 is 11.5 Å². The van der Waals surface area contributed by atoms with Crippen LogP contribution in [-0.2, 0) is 11.3 Å². The number of likely N-dealkylation sites (tertiary alicyclic amines) is 1. The van der Waals surface area contributed by atoms with E-state index in [1.54, 1.807) is 12.1 Å². The number of carbonyl (C=O) groups is 2. The first-order valence-electron chi connectivity index (χ1n) is 8.00. The number of hydrogen-bond acceptors (Lipinski definition) is 3. The number of nitrogens with two attached hydrogens (primary N) is 2. The maximum absolute atomic E-state index is 11.8. The smallest absolute Gasteiger partial charge is 0.248 e. The van der Waals surface area contributed by atoms with Gasteiger partial charge in [-0.15, -0.1) is 0 Å². The highest BCUT2D eigenvalue weighted by Crippen LogP contribution is 2.40. The summed E-state index contributed by atoms with van der Waals surface area (Å²) >= 11 is 0. The van der Waals surface area contributed by atoms with Crippen molar-refractivity contribution < 1.29 is 9.59 Å². The van der Waals surface area contributed by atoms with Crippen LogP contribution in [0.4, 0.5) is 0 Å². The number of nitrogens with zero attached hydrogens (tertiary/aromatic N) is 1. The molecule has 2 fully saturated rings. The lowest BCUT2D eigenvalue weighted by atomic mass is 9.84. The Hall–Kier alpha value is -1.88. The lowest BCUT2D eigenvalue weighted by molar-refractivity contribution is -0.122. The summed E-state index contributed by atoms with van der Waals surface area (Å²) < 4.78 is 0. The van der Waals surface area contributed by atoms with E-state index < -0.39 is 5.91 Å². The number of benzene rings is 1. The molecule has 3 rings (SSSR count). The molecule has 0 radical (unpaired) electrons. The van der Waals surface area contributed by atoms with Crippen molar-refractivity contribution in [1.82, 2.24) is 4.90 Å². The Morgan fingerprint density at radius 1 is 1.09 bits per heavy atom. The zero-order valence-corrected chi connectivity index (χ0v) is 12.7. The third-order valence-electron chi connectivity index (χ3n) is 5.15. The maximum atomic E-state index is 11.8. The summed E-state index contributed by atoms with van der Waals surface area (Å²) in [6.07, 6.45) is 5.72. The third kappa shape index (κ3) is 2.86. The zero-order valence-electron chi connectivity index (χ0n) is 12.7. The van der Waals surface area contributed by atoms with Crippen LogP contribution >= 0.6 is 0 Å². The molecule has 118 valence electrons. The maximum Gasteiger partial charge on any atom is 0.248 e. The van der Waals surface area contributed by atoms with Crippen LogP contribution in [0.25, 0.3) is 0 Å². The molecule has 0 bridgehead atoms. The molecule has 2 amide bonds. The monoisotopic (exact) mass is 301 g/mol. The molecule has 0 spiro atoms. The number of hydrogen-bond donors (Lipinski definition) is 2. The van der Waals surface area contributed by atoms with Crippen LogP contribution in [0.1, 0.15) is 48.0 Å². The average molecular weight is 301 g/mol. The van der Waals surface area contributed by atoms with E-state index in [9.17, 15) is 9.59 Å². The van der Waals surface area contributed by atoms with E-state index in [2.05, 4.69) is 4.90 Å². The summed E-state index contributed by atoms with van der Waals surface area (Å²) in [6, 6.07) is 7.60. The van der Waals surface area contributed by atoms with Gasteiger partial charge in [0.1, 0.15) is 0 Å². The third-order valence-corrected chi connectivity index (χ3v) is 5.15. The Bertz CT molecular complexity index is 570. The first-order valence-corrected chi connectivity index (χ1v) is 8.00. The molecule has 1 saturated carbocycles. The minimum absolute atomic E-state index is 0.163. The fraction of sp³-hybridized carbons (Fsp3) is 0.529. The molecule has 1 heterocycles. The van der Waals surface area contributed by atoms with Crippen molar-refractivity contribution >= 4 is 11.8 Å². The van der Waals surface area contributed by atoms with E-state index in [1.165, 1.54) is 19.3 Å². The van der Waals surface area contributed by atoms with E-state index in [0.29, 0.717) is 24.1 Å². The molecule has 0 aromatic heterocycles. The molecular formula is C17H23N3O2. The Balaban J connectivity index is 1.78. The minimum Gasteiger partial charge on any atom is -0.368 e. The quantitative estimate of drug-likeness (QED) is 0.881. The molecule has 1 aliphatic carbocycles. The second-order valence-corrected chi connectivity index (χ2v) is 6.50. The van der Waals surface area contributed by atoms with E-state index in [4.69, 9.17) is 11.5 Å². The van der Waals surface area contributed by atoms with Gasteiger partial charge in [-0.1, -0.05) is 25.0 Å². The minimum atomic E-state index is -0.421. The molecule has 22 heavy (non-hydrogen) atoms. The predicted molar refractivity (Wildman–Crippen MR) is 83.8 cm³/mol. The lowest BCUT2D eigenvalue weighted by Crippen LogP contribution is -2.44. The number of rotatable bonds is 4. The highest BCUT2D eigenvalue weighted by molar-refractivity contribution is 5.92. The van der Waals surface area contributed by atoms with Crippen molar-refractivity contribution in [2.75, 3.05) is 0 Å². The lowest BCUT2D eigenvalue weighted by Gasteiger charge is -2.33. The highest BCUT2D eigenvalue weighted by atomic mass is 16.1. The molecule has 4 N–H and O–H groups in total. The fourth-order valence-electron chi connectivity index (χ4n) is 4.05. The van der Waals surface area contributed by atoms with Gasteiger partial charge in [-0.3, -0.25) is 14.5 Å². The molecule has 5 nitrogen and oxygen atoms in total. The van der Waals surface area contributed by atoms with Gasteiger partial charge in [-0.25, -0.2) is 0 Å². The Morgan fingerprint density at radius 3 is 2.41 bits per heavy atom. The molecular weight excluding hydrogens is 278 g/mol. The van der Waals surface area contributed by atoms with E-state index >= 15 is 0 Å². The van der Waals surface area contributed by atoms with Gasteiger partial charge in [0, 0.05) is 18.2 Å². The van der Waals surface area contributed by atoms with Crippen LogP contribution in [0.3, 0.4) is 0 Å². The molecule has 1 aromatic carbocycles. The highest BCUT2D eigenvalue weighted by Gasteiger charge is 2.44. The van der Waals surface area contributed by atoms with Gasteiger partial charge in [-0.2, -0.15) is 0 Å². The predicted octanol–water partition coefficient (Wildman–Crippen LogP) is 1.40. The Morgan fingerprint density at radius 2 is 1.77 bits per heavy atom. The van der Waals surface area contributed by atoms with E-state index in [-0.39, 0.29) is 11.9 Å². The number of primary amides is 2. The van der Waals surface area contributed by atoms with Crippen molar-refractivity contribution in [2.45, 2.75) is 50.7 Å². The normalized spacial score (nSPS) is 28.3. The zero-order chi connectivity index (χ0) is 15.7. The average Bonchev–Trinajstić information content (AvgIpc) is 2.87. The number of carbonyl (C=O) groups excluding carboxylic acids is 2. The molecule has 3 atom stereocenters. The van der Waals surface area contributed by atoms with Crippen LogP contribution in [0.15, 0.2) is 24.3 Å². The molecule has 1 aliphatic heterocycles. The molecule has 1 aromatic rings. The van der Waals surface area contributed by atoms with Gasteiger partial charge in [0.25, 0.3) is 0 Å². The van der Waals surface area contributed by atoms with Crippen LogP contribution in [0.5, 0.6) is 0 Å². The topological polar surface area (TPSA) is 89.4 Å². The summed E-state index contributed by atoms with van der Waals surface area (Å²) in [7, 11) is 0. The van der Waals surface area contributed by atoms with E-state index in [1.807, 2.05) is 12.1 Å². The summed E-state index contributed by atoms with van der Waals surface area (Å²) in [5.74, 6) is -0.0469. The van der Waals surface area contributed by atoms with Crippen LogP contribution < -0.4 is 11.5 Å². The molecule has 5 heteroatoms. The number of amides is 2. The second kappa shape index (κ2) is 6.08. The van der Waals surface area contributed by atoms with Crippen molar-refractivity contribution in [3.05, 3.63) is 35.4 Å². The number of fused-ring (bicyclic) bond motifs is 1. The van der Waals surface area contributed by atoms with Crippen LogP contribution in [0.2, 0.25) is 0 Å². The standard InChI is InChI=1S/C17H23N3O2/c18-16(21)12-7-5-11(6-8-12)10-20-14-4-2-1-3-13(14)9-15(20)17(19)22/h5-8,13-15H,1-4,9-10H2,(H2,18,21)(H2,19,22)/t13-,14+,15-/m0/s1. The molecule has 0 unspecified atom stereocenters. The van der Waals surface area contributed by atoms with Crippen molar-refractivity contribution in [3.63, 3.8) is 0 Å². The van der Waals surface area contributed by atoms with Gasteiger partial charge >= 0.3 is 0 Å². The Labute approximate surface area is 130 Å².